The second kappa shape index (κ2) is 5.84. The van der Waals surface area contributed by atoms with Crippen molar-refractivity contribution in [3.63, 3.8) is 0 Å². The zero-order valence-electron chi connectivity index (χ0n) is 12.1. The van der Waals surface area contributed by atoms with E-state index < -0.39 is 0 Å². The van der Waals surface area contributed by atoms with Gasteiger partial charge in [-0.3, -0.25) is 4.79 Å². The molecule has 0 aliphatic carbocycles. The van der Waals surface area contributed by atoms with Crippen LogP contribution in [0.3, 0.4) is 0 Å². The van der Waals surface area contributed by atoms with Crippen LogP contribution in [0.25, 0.3) is 20.1 Å². The van der Waals surface area contributed by atoms with Crippen molar-refractivity contribution >= 4 is 55.8 Å². The number of thiazole rings is 2. The SMILES string of the molecule is Cc1nc2ccc(NC(=O)c3csc(-c4cccs4)n3)cc2s1. The van der Waals surface area contributed by atoms with Crippen LogP contribution in [0.1, 0.15) is 15.5 Å². The maximum absolute atomic E-state index is 12.4. The number of hydrogen-bond donors (Lipinski definition) is 1. The predicted molar refractivity (Wildman–Crippen MR) is 97.7 cm³/mol. The fraction of sp³-hybridized carbons (Fsp3) is 0.0625. The van der Waals surface area contributed by atoms with Crippen LogP contribution in [0.2, 0.25) is 0 Å². The quantitative estimate of drug-likeness (QED) is 0.559. The molecule has 0 bridgehead atoms. The average Bonchev–Trinajstić information content (AvgIpc) is 3.26. The van der Waals surface area contributed by atoms with E-state index in [0.717, 1.165) is 30.8 Å². The minimum atomic E-state index is -0.190. The van der Waals surface area contributed by atoms with Crippen LogP contribution in [0.4, 0.5) is 5.69 Å². The summed E-state index contributed by atoms with van der Waals surface area (Å²) in [7, 11) is 0. The molecule has 3 heterocycles. The molecule has 0 spiro atoms. The summed E-state index contributed by atoms with van der Waals surface area (Å²) in [5, 5.41) is 8.59. The molecule has 1 N–H and O–H groups in total. The molecule has 1 amide bonds. The molecular formula is C16H11N3OS3. The van der Waals surface area contributed by atoms with Gasteiger partial charge in [-0.1, -0.05) is 6.07 Å². The molecule has 3 aromatic heterocycles. The molecule has 23 heavy (non-hydrogen) atoms. The molecule has 0 saturated carbocycles. The van der Waals surface area contributed by atoms with Crippen LogP contribution in [0, 0.1) is 6.92 Å². The number of thiophene rings is 1. The lowest BCUT2D eigenvalue weighted by atomic mass is 10.3. The Morgan fingerprint density at radius 3 is 2.91 bits per heavy atom. The Hall–Kier alpha value is -2.09. The minimum Gasteiger partial charge on any atom is -0.321 e. The first-order valence-corrected chi connectivity index (χ1v) is 9.44. The van der Waals surface area contributed by atoms with E-state index in [2.05, 4.69) is 15.3 Å². The maximum atomic E-state index is 12.4. The molecule has 7 heteroatoms. The number of hydrogen-bond acceptors (Lipinski definition) is 6. The van der Waals surface area contributed by atoms with Gasteiger partial charge in [-0.25, -0.2) is 9.97 Å². The zero-order valence-corrected chi connectivity index (χ0v) is 14.5. The molecule has 0 atom stereocenters. The van der Waals surface area contributed by atoms with Gasteiger partial charge < -0.3 is 5.32 Å². The number of benzene rings is 1. The fourth-order valence-corrected chi connectivity index (χ4v) is 4.68. The van der Waals surface area contributed by atoms with Gasteiger partial charge in [0.05, 0.1) is 20.1 Å². The minimum absolute atomic E-state index is 0.190. The van der Waals surface area contributed by atoms with E-state index in [-0.39, 0.29) is 5.91 Å². The van der Waals surface area contributed by atoms with Crippen LogP contribution in [0.15, 0.2) is 41.1 Å². The van der Waals surface area contributed by atoms with E-state index in [0.29, 0.717) is 5.69 Å². The maximum Gasteiger partial charge on any atom is 0.275 e. The number of nitrogens with zero attached hydrogens (tertiary/aromatic N) is 2. The van der Waals surface area contributed by atoms with Crippen molar-refractivity contribution in [1.29, 1.82) is 0 Å². The lowest BCUT2D eigenvalue weighted by Gasteiger charge is -2.02. The van der Waals surface area contributed by atoms with Crippen molar-refractivity contribution in [1.82, 2.24) is 9.97 Å². The number of carbonyl (C=O) groups is 1. The Morgan fingerprint density at radius 2 is 2.09 bits per heavy atom. The highest BCUT2D eigenvalue weighted by Crippen LogP contribution is 2.28. The van der Waals surface area contributed by atoms with Crippen LogP contribution in [-0.4, -0.2) is 15.9 Å². The van der Waals surface area contributed by atoms with Gasteiger partial charge in [0.25, 0.3) is 5.91 Å². The van der Waals surface area contributed by atoms with Crippen LogP contribution >= 0.6 is 34.0 Å². The van der Waals surface area contributed by atoms with Gasteiger partial charge in [0, 0.05) is 11.1 Å². The molecule has 0 aliphatic rings. The first-order valence-electron chi connectivity index (χ1n) is 6.87. The first-order chi connectivity index (χ1) is 11.2. The Balaban J connectivity index is 1.56. The van der Waals surface area contributed by atoms with Crippen LogP contribution in [-0.2, 0) is 0 Å². The fourth-order valence-electron chi connectivity index (χ4n) is 2.20. The van der Waals surface area contributed by atoms with E-state index in [9.17, 15) is 4.79 Å². The number of carbonyl (C=O) groups excluding carboxylic acids is 1. The van der Waals surface area contributed by atoms with Gasteiger partial charge in [0.15, 0.2) is 0 Å². The average molecular weight is 357 g/mol. The van der Waals surface area contributed by atoms with Crippen LogP contribution in [0.5, 0.6) is 0 Å². The molecular weight excluding hydrogens is 346 g/mol. The molecule has 4 aromatic rings. The van der Waals surface area contributed by atoms with E-state index in [4.69, 9.17) is 0 Å². The predicted octanol–water partition coefficient (Wildman–Crippen LogP) is 5.04. The number of aryl methyl sites for hydroxylation is 1. The van der Waals surface area contributed by atoms with Gasteiger partial charge in [-0.15, -0.1) is 34.0 Å². The van der Waals surface area contributed by atoms with Crippen molar-refractivity contribution in [3.05, 3.63) is 51.8 Å². The Morgan fingerprint density at radius 1 is 1.17 bits per heavy atom. The van der Waals surface area contributed by atoms with Gasteiger partial charge in [-0.2, -0.15) is 0 Å². The first kappa shape index (κ1) is 14.5. The number of aromatic nitrogens is 2. The van der Waals surface area contributed by atoms with E-state index in [1.165, 1.54) is 11.3 Å². The van der Waals surface area contributed by atoms with Crippen molar-refractivity contribution in [2.75, 3.05) is 5.32 Å². The molecule has 0 radical (unpaired) electrons. The summed E-state index contributed by atoms with van der Waals surface area (Å²) < 4.78 is 1.07. The summed E-state index contributed by atoms with van der Waals surface area (Å²) in [6, 6.07) is 9.72. The number of fused-ring (bicyclic) bond motifs is 1. The van der Waals surface area contributed by atoms with E-state index in [1.807, 2.05) is 42.6 Å². The summed E-state index contributed by atoms with van der Waals surface area (Å²) in [5.41, 5.74) is 2.16. The lowest BCUT2D eigenvalue weighted by Crippen LogP contribution is -2.12. The van der Waals surface area contributed by atoms with Crippen molar-refractivity contribution in [2.45, 2.75) is 6.92 Å². The molecule has 0 unspecified atom stereocenters. The van der Waals surface area contributed by atoms with Crippen LogP contribution < -0.4 is 5.32 Å². The topological polar surface area (TPSA) is 54.9 Å². The number of rotatable bonds is 3. The summed E-state index contributed by atoms with van der Waals surface area (Å²) in [4.78, 5) is 22.3. The summed E-state index contributed by atoms with van der Waals surface area (Å²) in [6.07, 6.45) is 0. The van der Waals surface area contributed by atoms with Gasteiger partial charge in [-0.05, 0) is 36.6 Å². The summed E-state index contributed by atoms with van der Waals surface area (Å²) in [5.74, 6) is -0.190. The smallest absolute Gasteiger partial charge is 0.275 e. The number of nitrogens with one attached hydrogen (secondary N) is 1. The Bertz CT molecular complexity index is 985. The number of anilines is 1. The highest BCUT2D eigenvalue weighted by molar-refractivity contribution is 7.20. The molecule has 1 aromatic carbocycles. The summed E-state index contributed by atoms with van der Waals surface area (Å²) in [6.45, 7) is 1.98. The highest BCUT2D eigenvalue weighted by atomic mass is 32.1. The largest absolute Gasteiger partial charge is 0.321 e. The molecule has 4 rings (SSSR count). The Kier molecular flexibility index (Phi) is 3.68. The van der Waals surface area contributed by atoms with Crippen molar-refractivity contribution in [3.8, 4) is 9.88 Å². The Labute approximate surface area is 144 Å². The lowest BCUT2D eigenvalue weighted by molar-refractivity contribution is 0.102. The zero-order chi connectivity index (χ0) is 15.8. The third-order valence-corrected chi connectivity index (χ3v) is 6.04. The third-order valence-electron chi connectivity index (χ3n) is 3.22. The molecule has 4 nitrogen and oxygen atoms in total. The number of amides is 1. The normalized spacial score (nSPS) is 11.0. The van der Waals surface area contributed by atoms with Crippen molar-refractivity contribution in [2.24, 2.45) is 0 Å². The van der Waals surface area contributed by atoms with Crippen molar-refractivity contribution < 1.29 is 4.79 Å². The van der Waals surface area contributed by atoms with Gasteiger partial charge >= 0.3 is 0 Å². The standard InChI is InChI=1S/C16H11N3OS3/c1-9-17-11-5-4-10(7-14(11)23-9)18-15(20)12-8-22-16(19-12)13-3-2-6-21-13/h2-8H,1H3,(H,18,20). The molecule has 0 saturated heterocycles. The third kappa shape index (κ3) is 2.90. The highest BCUT2D eigenvalue weighted by Gasteiger charge is 2.13. The van der Waals surface area contributed by atoms with E-state index >= 15 is 0 Å². The second-order valence-electron chi connectivity index (χ2n) is 4.88. The monoisotopic (exact) mass is 357 g/mol. The molecule has 114 valence electrons. The second-order valence-corrected chi connectivity index (χ2v) is 7.93. The van der Waals surface area contributed by atoms with Gasteiger partial charge in [0.2, 0.25) is 0 Å². The van der Waals surface area contributed by atoms with Gasteiger partial charge in [0.1, 0.15) is 10.7 Å². The summed E-state index contributed by atoms with van der Waals surface area (Å²) >= 11 is 4.72. The molecule has 0 fully saturated rings. The van der Waals surface area contributed by atoms with E-state index in [1.54, 1.807) is 28.1 Å². The molecule has 0 aliphatic heterocycles.